The van der Waals surface area contributed by atoms with E-state index < -0.39 is 15.2 Å². The third kappa shape index (κ3) is 2.77. The molecule has 6 nitrogen and oxygen atoms in total. The number of sulfone groups is 1. The second-order valence-corrected chi connectivity index (χ2v) is 7.61. The Hall–Kier alpha value is -1.46. The molecule has 1 fully saturated rings. The van der Waals surface area contributed by atoms with Crippen molar-refractivity contribution >= 4 is 33.1 Å². The summed E-state index contributed by atoms with van der Waals surface area (Å²) in [6, 6.07) is 3.50. The van der Waals surface area contributed by atoms with Crippen LogP contribution in [0.5, 0.6) is 0 Å². The van der Waals surface area contributed by atoms with Crippen LogP contribution >= 0.6 is 11.8 Å². The fraction of sp³-hybridized carbons (Fsp3) is 0.455. The molecule has 8 heteroatoms. The monoisotopic (exact) mass is 298 g/mol. The fourth-order valence-electron chi connectivity index (χ4n) is 1.97. The van der Waals surface area contributed by atoms with Crippen LogP contribution < -0.4 is 10.6 Å². The molecule has 2 N–H and O–H groups in total. The predicted molar refractivity (Wildman–Crippen MR) is 76.7 cm³/mol. The largest absolute Gasteiger partial charge is 0.395 e. The molecular formula is C11H14N4O2S2. The van der Waals surface area contributed by atoms with Gasteiger partial charge in [0.05, 0.1) is 11.3 Å². The van der Waals surface area contributed by atoms with Gasteiger partial charge in [-0.05, 0) is 6.07 Å². The summed E-state index contributed by atoms with van der Waals surface area (Å²) in [7, 11) is -3.23. The highest BCUT2D eigenvalue weighted by Crippen LogP contribution is 2.30. The van der Waals surface area contributed by atoms with E-state index in [2.05, 4.69) is 4.98 Å². The van der Waals surface area contributed by atoms with Crippen LogP contribution in [0.1, 0.15) is 5.56 Å². The van der Waals surface area contributed by atoms with Gasteiger partial charge in [-0.1, -0.05) is 0 Å². The molecule has 1 unspecified atom stereocenters. The van der Waals surface area contributed by atoms with Gasteiger partial charge < -0.3 is 10.6 Å². The van der Waals surface area contributed by atoms with Gasteiger partial charge in [-0.25, -0.2) is 13.4 Å². The molecule has 1 aromatic heterocycles. The quantitative estimate of drug-likeness (QED) is 0.846. The van der Waals surface area contributed by atoms with Crippen molar-refractivity contribution in [2.24, 2.45) is 0 Å². The van der Waals surface area contributed by atoms with Crippen LogP contribution in [0.2, 0.25) is 0 Å². The van der Waals surface area contributed by atoms with E-state index in [-0.39, 0.29) is 5.69 Å². The number of nitrogens with zero attached hydrogens (tertiary/aromatic N) is 3. The zero-order chi connectivity index (χ0) is 14.0. The molecule has 19 heavy (non-hydrogen) atoms. The molecule has 1 aliphatic rings. The number of aromatic nitrogens is 1. The molecule has 0 bridgehead atoms. The minimum absolute atomic E-state index is 0.241. The summed E-state index contributed by atoms with van der Waals surface area (Å²) in [6.45, 7) is 0.550. The average Bonchev–Trinajstić information content (AvgIpc) is 2.38. The van der Waals surface area contributed by atoms with Gasteiger partial charge >= 0.3 is 0 Å². The summed E-state index contributed by atoms with van der Waals surface area (Å²) in [5.41, 5.74) is 6.46. The van der Waals surface area contributed by atoms with Crippen molar-refractivity contribution in [3.05, 3.63) is 17.8 Å². The average molecular weight is 298 g/mol. The minimum atomic E-state index is -3.23. The number of hydrogen-bond donors (Lipinski definition) is 1. The molecule has 0 aromatic carbocycles. The number of thioether (sulfide) groups is 1. The maximum Gasteiger partial charge on any atom is 0.169 e. The van der Waals surface area contributed by atoms with Crippen molar-refractivity contribution in [3.63, 3.8) is 0 Å². The Bertz CT molecular complexity index is 624. The van der Waals surface area contributed by atoms with Crippen LogP contribution in [0.3, 0.4) is 0 Å². The van der Waals surface area contributed by atoms with Crippen LogP contribution in [0.15, 0.2) is 12.3 Å². The lowest BCUT2D eigenvalue weighted by atomic mass is 10.2. The highest BCUT2D eigenvalue weighted by atomic mass is 32.2. The van der Waals surface area contributed by atoms with Gasteiger partial charge in [0.25, 0.3) is 0 Å². The predicted octanol–water partition coefficient (Wildman–Crippen LogP) is 0.459. The lowest BCUT2D eigenvalue weighted by molar-refractivity contribution is 0.584. The summed E-state index contributed by atoms with van der Waals surface area (Å²) in [5.74, 6) is 1.68. The van der Waals surface area contributed by atoms with E-state index >= 15 is 0 Å². The summed E-state index contributed by atoms with van der Waals surface area (Å²) in [6.07, 6.45) is 2.69. The van der Waals surface area contributed by atoms with Gasteiger partial charge in [0.1, 0.15) is 11.4 Å². The Labute approximate surface area is 116 Å². The number of nitrogens with two attached hydrogens (primary N) is 1. The zero-order valence-corrected chi connectivity index (χ0v) is 12.0. The molecule has 1 aliphatic heterocycles. The topological polar surface area (TPSA) is 100 Å². The Kier molecular flexibility index (Phi) is 3.87. The van der Waals surface area contributed by atoms with Gasteiger partial charge in [-0.2, -0.15) is 17.0 Å². The lowest BCUT2D eigenvalue weighted by Crippen LogP contribution is -2.47. The van der Waals surface area contributed by atoms with E-state index in [1.165, 1.54) is 18.5 Å². The first kappa shape index (κ1) is 14.0. The molecule has 0 spiro atoms. The summed E-state index contributed by atoms with van der Waals surface area (Å²) in [5, 5.41) is 8.32. The molecule has 1 atom stereocenters. The molecule has 0 radical (unpaired) electrons. The minimum Gasteiger partial charge on any atom is -0.395 e. The van der Waals surface area contributed by atoms with Crippen molar-refractivity contribution in [1.82, 2.24) is 4.98 Å². The van der Waals surface area contributed by atoms with E-state index in [9.17, 15) is 8.42 Å². The molecule has 0 aliphatic carbocycles. The first-order valence-electron chi connectivity index (χ1n) is 5.63. The maximum atomic E-state index is 11.8. The smallest absolute Gasteiger partial charge is 0.169 e. The Balaban J connectivity index is 2.47. The number of nitriles is 1. The van der Waals surface area contributed by atoms with Gasteiger partial charge in [-0.15, -0.1) is 0 Å². The number of pyridine rings is 1. The summed E-state index contributed by atoms with van der Waals surface area (Å²) >= 11 is 1.59. The second-order valence-electron chi connectivity index (χ2n) is 4.26. The number of hydrogen-bond acceptors (Lipinski definition) is 7. The highest BCUT2D eigenvalue weighted by molar-refractivity contribution is 8.01. The van der Waals surface area contributed by atoms with Crippen molar-refractivity contribution in [3.8, 4) is 6.07 Å². The van der Waals surface area contributed by atoms with Crippen molar-refractivity contribution in [2.75, 3.05) is 34.9 Å². The Morgan fingerprint density at radius 3 is 3.00 bits per heavy atom. The highest BCUT2D eigenvalue weighted by Gasteiger charge is 2.33. The van der Waals surface area contributed by atoms with Gasteiger partial charge in [0.2, 0.25) is 0 Å². The van der Waals surface area contributed by atoms with Gasteiger partial charge in [0, 0.05) is 30.5 Å². The standard InChI is InChI=1S/C11H14N4O2S2/c1-19(16,17)9-7-18-5-4-15(9)11-10(13)8(6-12)2-3-14-11/h2-3,9H,4-5,7,13H2,1H3. The van der Waals surface area contributed by atoms with E-state index in [0.717, 1.165) is 5.75 Å². The number of anilines is 2. The van der Waals surface area contributed by atoms with Crippen molar-refractivity contribution in [2.45, 2.75) is 5.37 Å². The lowest BCUT2D eigenvalue weighted by Gasteiger charge is -2.35. The van der Waals surface area contributed by atoms with Crippen LogP contribution in [0.4, 0.5) is 11.5 Å². The van der Waals surface area contributed by atoms with E-state index in [0.29, 0.717) is 23.7 Å². The third-order valence-corrected chi connectivity index (χ3v) is 5.58. The molecular weight excluding hydrogens is 284 g/mol. The molecule has 102 valence electrons. The van der Waals surface area contributed by atoms with Crippen LogP contribution in [-0.2, 0) is 9.84 Å². The summed E-state index contributed by atoms with van der Waals surface area (Å²) in [4.78, 5) is 5.83. The Morgan fingerprint density at radius 2 is 2.37 bits per heavy atom. The third-order valence-electron chi connectivity index (χ3n) is 2.94. The van der Waals surface area contributed by atoms with Crippen LogP contribution in [-0.4, -0.2) is 43.1 Å². The number of nitrogen functional groups attached to an aromatic ring is 1. The first-order valence-corrected chi connectivity index (χ1v) is 8.74. The molecule has 2 heterocycles. The molecule has 2 rings (SSSR count). The molecule has 1 aromatic rings. The Morgan fingerprint density at radius 1 is 1.63 bits per heavy atom. The number of rotatable bonds is 2. The van der Waals surface area contributed by atoms with E-state index in [1.807, 2.05) is 6.07 Å². The SMILES string of the molecule is CS(=O)(=O)C1CSCCN1c1nccc(C#N)c1N. The van der Waals surface area contributed by atoms with Crippen LogP contribution in [0, 0.1) is 11.3 Å². The second kappa shape index (κ2) is 5.27. The molecule has 1 saturated heterocycles. The van der Waals surface area contributed by atoms with Crippen LogP contribution in [0.25, 0.3) is 0 Å². The summed E-state index contributed by atoms with van der Waals surface area (Å²) < 4.78 is 23.7. The molecule has 0 saturated carbocycles. The van der Waals surface area contributed by atoms with E-state index in [1.54, 1.807) is 16.7 Å². The van der Waals surface area contributed by atoms with Gasteiger partial charge in [-0.3, -0.25) is 0 Å². The normalized spacial score (nSPS) is 20.0. The van der Waals surface area contributed by atoms with Crippen molar-refractivity contribution < 1.29 is 8.42 Å². The van der Waals surface area contributed by atoms with E-state index in [4.69, 9.17) is 11.0 Å². The zero-order valence-electron chi connectivity index (χ0n) is 10.4. The first-order chi connectivity index (χ1) is 8.95. The fourth-order valence-corrected chi connectivity index (χ4v) is 4.79. The van der Waals surface area contributed by atoms with Crippen molar-refractivity contribution in [1.29, 1.82) is 5.26 Å². The van der Waals surface area contributed by atoms with Gasteiger partial charge in [0.15, 0.2) is 15.7 Å². The molecule has 0 amide bonds. The maximum absolute atomic E-state index is 11.8.